The van der Waals surface area contributed by atoms with Crippen LogP contribution in [0.1, 0.15) is 11.6 Å². The predicted octanol–water partition coefficient (Wildman–Crippen LogP) is 0.977. The molecular formula is C14H18N2O3S. The molecule has 2 N–H and O–H groups in total. The Morgan fingerprint density at radius 3 is 2.80 bits per heavy atom. The van der Waals surface area contributed by atoms with E-state index < -0.39 is 5.97 Å². The van der Waals surface area contributed by atoms with Crippen LogP contribution in [0, 0.1) is 0 Å². The highest BCUT2D eigenvalue weighted by atomic mass is 32.2. The standard InChI is InChI=1S/C14H18N2O3S/c17-13(15-8-14(18)19)9-16-6-7-20-10-12(16)11-4-2-1-3-5-11/h1-5,12H,6-10H2,(H,15,17)(H,18,19). The highest BCUT2D eigenvalue weighted by Gasteiger charge is 2.25. The van der Waals surface area contributed by atoms with Gasteiger partial charge in [-0.05, 0) is 5.56 Å². The molecule has 108 valence electrons. The SMILES string of the molecule is O=C(O)CNC(=O)CN1CCSCC1c1ccccc1. The second-order valence-electron chi connectivity index (χ2n) is 4.64. The van der Waals surface area contributed by atoms with Gasteiger partial charge in [-0.3, -0.25) is 14.5 Å². The zero-order chi connectivity index (χ0) is 14.4. The molecule has 0 radical (unpaired) electrons. The Balaban J connectivity index is 1.97. The lowest BCUT2D eigenvalue weighted by Gasteiger charge is -2.35. The van der Waals surface area contributed by atoms with Crippen LogP contribution in [-0.4, -0.2) is 53.0 Å². The Kier molecular flexibility index (Phi) is 5.43. The third kappa shape index (κ3) is 4.25. The maximum Gasteiger partial charge on any atom is 0.322 e. The van der Waals surface area contributed by atoms with Crippen LogP contribution in [0.25, 0.3) is 0 Å². The van der Waals surface area contributed by atoms with Gasteiger partial charge in [-0.15, -0.1) is 0 Å². The van der Waals surface area contributed by atoms with Crippen molar-refractivity contribution in [2.45, 2.75) is 6.04 Å². The first-order valence-electron chi connectivity index (χ1n) is 6.52. The summed E-state index contributed by atoms with van der Waals surface area (Å²) in [7, 11) is 0. The first-order chi connectivity index (χ1) is 9.66. The van der Waals surface area contributed by atoms with Gasteiger partial charge in [0.05, 0.1) is 6.54 Å². The molecule has 1 aromatic carbocycles. The normalized spacial score (nSPS) is 19.5. The molecule has 0 aromatic heterocycles. The van der Waals surface area contributed by atoms with Crippen molar-refractivity contribution in [2.75, 3.05) is 31.1 Å². The summed E-state index contributed by atoms with van der Waals surface area (Å²) in [6.45, 7) is 0.759. The maximum absolute atomic E-state index is 11.8. The van der Waals surface area contributed by atoms with Crippen molar-refractivity contribution >= 4 is 23.6 Å². The van der Waals surface area contributed by atoms with Gasteiger partial charge >= 0.3 is 5.97 Å². The fourth-order valence-electron chi connectivity index (χ4n) is 2.22. The van der Waals surface area contributed by atoms with E-state index in [0.29, 0.717) is 0 Å². The van der Waals surface area contributed by atoms with E-state index in [1.807, 2.05) is 30.0 Å². The lowest BCUT2D eigenvalue weighted by Crippen LogP contribution is -2.44. The van der Waals surface area contributed by atoms with Crippen molar-refractivity contribution in [2.24, 2.45) is 0 Å². The summed E-state index contributed by atoms with van der Waals surface area (Å²) in [5.41, 5.74) is 1.20. The van der Waals surface area contributed by atoms with Crippen LogP contribution in [0.5, 0.6) is 0 Å². The number of nitrogens with zero attached hydrogens (tertiary/aromatic N) is 1. The minimum atomic E-state index is -1.02. The molecule has 0 aliphatic carbocycles. The number of carboxylic acids is 1. The Bertz CT molecular complexity index is 467. The monoisotopic (exact) mass is 294 g/mol. The molecule has 0 bridgehead atoms. The number of rotatable bonds is 5. The van der Waals surface area contributed by atoms with Gasteiger partial charge in [0.15, 0.2) is 0 Å². The number of benzene rings is 1. The molecule has 1 saturated heterocycles. The van der Waals surface area contributed by atoms with E-state index in [-0.39, 0.29) is 25.0 Å². The van der Waals surface area contributed by atoms with Gasteiger partial charge in [0.1, 0.15) is 6.54 Å². The molecule has 1 aliphatic rings. The molecule has 1 atom stereocenters. The van der Waals surface area contributed by atoms with Gasteiger partial charge < -0.3 is 10.4 Å². The summed E-state index contributed by atoms with van der Waals surface area (Å²) in [5.74, 6) is 0.693. The van der Waals surface area contributed by atoms with Crippen LogP contribution in [0.15, 0.2) is 30.3 Å². The number of nitrogens with one attached hydrogen (secondary N) is 1. The van der Waals surface area contributed by atoms with Crippen molar-refractivity contribution in [3.63, 3.8) is 0 Å². The number of aliphatic carboxylic acids is 1. The lowest BCUT2D eigenvalue weighted by molar-refractivity contribution is -0.138. The van der Waals surface area contributed by atoms with Gasteiger partial charge in [-0.25, -0.2) is 0 Å². The molecule has 5 nitrogen and oxygen atoms in total. The van der Waals surface area contributed by atoms with Crippen molar-refractivity contribution in [1.82, 2.24) is 10.2 Å². The Labute approximate surface area is 122 Å². The zero-order valence-corrected chi connectivity index (χ0v) is 11.9. The van der Waals surface area contributed by atoms with Crippen LogP contribution < -0.4 is 5.32 Å². The molecule has 1 amide bonds. The largest absolute Gasteiger partial charge is 0.480 e. The molecule has 0 saturated carbocycles. The van der Waals surface area contributed by atoms with Crippen molar-refractivity contribution in [3.8, 4) is 0 Å². The maximum atomic E-state index is 11.8. The highest BCUT2D eigenvalue weighted by Crippen LogP contribution is 2.28. The first kappa shape index (κ1) is 14.9. The Morgan fingerprint density at radius 1 is 1.35 bits per heavy atom. The number of carboxylic acid groups (broad SMARTS) is 1. The number of amides is 1. The summed E-state index contributed by atoms with van der Waals surface area (Å²) in [6, 6.07) is 10.3. The average Bonchev–Trinajstić information content (AvgIpc) is 2.47. The van der Waals surface area contributed by atoms with Crippen molar-refractivity contribution in [1.29, 1.82) is 0 Å². The predicted molar refractivity (Wildman–Crippen MR) is 78.7 cm³/mol. The molecule has 2 rings (SSSR count). The first-order valence-corrected chi connectivity index (χ1v) is 7.67. The molecule has 1 aliphatic heterocycles. The Morgan fingerprint density at radius 2 is 2.10 bits per heavy atom. The second kappa shape index (κ2) is 7.31. The lowest BCUT2D eigenvalue weighted by atomic mass is 10.1. The second-order valence-corrected chi connectivity index (χ2v) is 5.79. The topological polar surface area (TPSA) is 69.6 Å². The third-order valence-electron chi connectivity index (χ3n) is 3.21. The molecule has 1 heterocycles. The smallest absolute Gasteiger partial charge is 0.322 e. The van der Waals surface area contributed by atoms with Gasteiger partial charge in [0, 0.05) is 24.1 Å². The fraction of sp³-hybridized carbons (Fsp3) is 0.429. The van der Waals surface area contributed by atoms with Crippen LogP contribution in [0.3, 0.4) is 0 Å². The van der Waals surface area contributed by atoms with E-state index >= 15 is 0 Å². The number of thioether (sulfide) groups is 1. The third-order valence-corrected chi connectivity index (χ3v) is 4.23. The molecule has 6 heteroatoms. The molecule has 1 unspecified atom stereocenters. The van der Waals surface area contributed by atoms with Gasteiger partial charge in [-0.1, -0.05) is 30.3 Å². The summed E-state index contributed by atoms with van der Waals surface area (Å²) in [5, 5.41) is 11.0. The van der Waals surface area contributed by atoms with E-state index in [1.165, 1.54) is 5.56 Å². The molecule has 20 heavy (non-hydrogen) atoms. The van der Waals surface area contributed by atoms with E-state index in [2.05, 4.69) is 22.3 Å². The highest BCUT2D eigenvalue weighted by molar-refractivity contribution is 7.99. The quantitative estimate of drug-likeness (QED) is 0.847. The van der Waals surface area contributed by atoms with Crippen molar-refractivity contribution < 1.29 is 14.7 Å². The van der Waals surface area contributed by atoms with E-state index in [4.69, 9.17) is 5.11 Å². The number of carbonyl (C=O) groups is 2. The van der Waals surface area contributed by atoms with E-state index in [9.17, 15) is 9.59 Å². The molecule has 0 spiro atoms. The summed E-state index contributed by atoms with van der Waals surface area (Å²) in [4.78, 5) is 24.3. The van der Waals surface area contributed by atoms with Gasteiger partial charge in [0.2, 0.25) is 5.91 Å². The summed E-state index contributed by atoms with van der Waals surface area (Å²) in [6.07, 6.45) is 0. The van der Waals surface area contributed by atoms with Crippen LogP contribution in [0.2, 0.25) is 0 Å². The summed E-state index contributed by atoms with van der Waals surface area (Å²) >= 11 is 1.88. The van der Waals surface area contributed by atoms with Crippen LogP contribution in [-0.2, 0) is 9.59 Å². The zero-order valence-electron chi connectivity index (χ0n) is 11.1. The number of hydrogen-bond acceptors (Lipinski definition) is 4. The van der Waals surface area contributed by atoms with Gasteiger partial charge in [-0.2, -0.15) is 11.8 Å². The Hall–Kier alpha value is -1.53. The minimum absolute atomic E-state index is 0.213. The van der Waals surface area contributed by atoms with Crippen molar-refractivity contribution in [3.05, 3.63) is 35.9 Å². The minimum Gasteiger partial charge on any atom is -0.480 e. The summed E-state index contributed by atoms with van der Waals surface area (Å²) < 4.78 is 0. The van der Waals surface area contributed by atoms with Crippen LogP contribution >= 0.6 is 11.8 Å². The number of carbonyl (C=O) groups excluding carboxylic acids is 1. The van der Waals surface area contributed by atoms with Crippen LogP contribution in [0.4, 0.5) is 0 Å². The average molecular weight is 294 g/mol. The fourth-order valence-corrected chi connectivity index (χ4v) is 3.38. The molecular weight excluding hydrogens is 276 g/mol. The molecule has 1 aromatic rings. The molecule has 1 fully saturated rings. The van der Waals surface area contributed by atoms with E-state index in [1.54, 1.807) is 0 Å². The number of hydrogen-bond donors (Lipinski definition) is 2. The van der Waals surface area contributed by atoms with E-state index in [0.717, 1.165) is 18.1 Å². The van der Waals surface area contributed by atoms with Gasteiger partial charge in [0.25, 0.3) is 0 Å².